The minimum atomic E-state index is -0.843. The van der Waals surface area contributed by atoms with Crippen LogP contribution in [0.1, 0.15) is 457 Å². The van der Waals surface area contributed by atoms with Crippen molar-refractivity contribution in [3.8, 4) is 0 Å². The molecule has 0 heterocycles. The Balaban J connectivity index is 3.36. The van der Waals surface area contributed by atoms with Gasteiger partial charge in [-0.3, -0.25) is 9.59 Å². The largest absolute Gasteiger partial charge is 0.466 e. The highest BCUT2D eigenvalue weighted by molar-refractivity contribution is 5.76. The number of allylic oxidation sites excluding steroid dienone is 5. The molecule has 0 radical (unpaired) electrons. The molecule has 0 aliphatic rings. The molecular formula is C83H159NO5. The van der Waals surface area contributed by atoms with Crippen LogP contribution in [-0.4, -0.2) is 47.4 Å². The molecule has 0 aromatic rings. The van der Waals surface area contributed by atoms with E-state index >= 15 is 0 Å². The highest BCUT2D eigenvalue weighted by atomic mass is 16.5. The van der Waals surface area contributed by atoms with E-state index in [2.05, 4.69) is 43.5 Å². The van der Waals surface area contributed by atoms with Gasteiger partial charge in [0.05, 0.1) is 25.4 Å². The summed E-state index contributed by atoms with van der Waals surface area (Å²) in [6, 6.07) is -0.626. The van der Waals surface area contributed by atoms with Gasteiger partial charge in [0.1, 0.15) is 0 Å². The topological polar surface area (TPSA) is 95.9 Å². The van der Waals surface area contributed by atoms with E-state index in [9.17, 15) is 19.8 Å². The van der Waals surface area contributed by atoms with Crippen LogP contribution < -0.4 is 5.32 Å². The van der Waals surface area contributed by atoms with Gasteiger partial charge in [0, 0.05) is 12.8 Å². The van der Waals surface area contributed by atoms with Crippen molar-refractivity contribution in [2.24, 2.45) is 0 Å². The molecular weight excluding hydrogens is 1090 g/mol. The van der Waals surface area contributed by atoms with Crippen molar-refractivity contribution in [3.05, 3.63) is 36.5 Å². The summed E-state index contributed by atoms with van der Waals surface area (Å²) in [5.74, 6) is -0.0473. The van der Waals surface area contributed by atoms with Crippen LogP contribution in [0.15, 0.2) is 36.5 Å². The second kappa shape index (κ2) is 78.5. The number of aliphatic hydroxyl groups excluding tert-OH is 2. The van der Waals surface area contributed by atoms with Crippen molar-refractivity contribution < 1.29 is 24.5 Å². The van der Waals surface area contributed by atoms with Crippen LogP contribution in [0.3, 0.4) is 0 Å². The third-order valence-corrected chi connectivity index (χ3v) is 19.1. The first-order chi connectivity index (χ1) is 44.0. The summed E-state index contributed by atoms with van der Waals surface area (Å²) in [4.78, 5) is 24.6. The van der Waals surface area contributed by atoms with E-state index in [1.807, 2.05) is 6.08 Å². The fraction of sp³-hybridized carbons (Fsp3) is 0.904. The molecule has 0 saturated carbocycles. The molecule has 89 heavy (non-hydrogen) atoms. The second-order valence-corrected chi connectivity index (χ2v) is 28.1. The number of carbonyl (C=O) groups excluding carboxylic acids is 2. The summed E-state index contributed by atoms with van der Waals surface area (Å²) >= 11 is 0. The molecule has 0 saturated heterocycles. The maximum absolute atomic E-state index is 12.6. The van der Waals surface area contributed by atoms with Gasteiger partial charge < -0.3 is 20.3 Å². The molecule has 0 rings (SSSR count). The van der Waals surface area contributed by atoms with Gasteiger partial charge in [-0.2, -0.15) is 0 Å². The molecule has 0 aromatic heterocycles. The van der Waals surface area contributed by atoms with Gasteiger partial charge in [-0.05, 0) is 83.5 Å². The lowest BCUT2D eigenvalue weighted by Crippen LogP contribution is -2.45. The summed E-state index contributed by atoms with van der Waals surface area (Å²) in [5.41, 5.74) is 0. The summed E-state index contributed by atoms with van der Waals surface area (Å²) in [5, 5.41) is 23.3. The molecule has 6 heteroatoms. The molecule has 0 aliphatic carbocycles. The van der Waals surface area contributed by atoms with E-state index in [-0.39, 0.29) is 18.5 Å². The normalized spacial score (nSPS) is 12.6. The van der Waals surface area contributed by atoms with Crippen molar-refractivity contribution >= 4 is 11.9 Å². The predicted molar refractivity (Wildman–Crippen MR) is 393 cm³/mol. The summed E-state index contributed by atoms with van der Waals surface area (Å²) in [7, 11) is 0. The Hall–Kier alpha value is -1.92. The monoisotopic (exact) mass is 1250 g/mol. The lowest BCUT2D eigenvalue weighted by atomic mass is 10.0. The van der Waals surface area contributed by atoms with E-state index in [4.69, 9.17) is 4.74 Å². The molecule has 3 N–H and O–H groups in total. The minimum absolute atomic E-state index is 0.0117. The van der Waals surface area contributed by atoms with Crippen LogP contribution in [0.5, 0.6) is 0 Å². The van der Waals surface area contributed by atoms with Gasteiger partial charge in [-0.15, -0.1) is 0 Å². The Morgan fingerprint density at radius 3 is 0.820 bits per heavy atom. The van der Waals surface area contributed by atoms with Gasteiger partial charge in [0.2, 0.25) is 5.91 Å². The summed E-state index contributed by atoms with van der Waals surface area (Å²) in [6.07, 6.45) is 103. The molecule has 0 bridgehead atoms. The average Bonchev–Trinajstić information content (AvgIpc) is 3.65. The molecule has 0 spiro atoms. The van der Waals surface area contributed by atoms with Crippen molar-refractivity contribution in [2.45, 2.75) is 469 Å². The number of hydrogen-bond donors (Lipinski definition) is 3. The number of nitrogens with one attached hydrogen (secondary N) is 1. The number of amides is 1. The Kier molecular flexibility index (Phi) is 76.8. The molecule has 1 amide bonds. The number of ether oxygens (including phenoxy) is 1. The maximum atomic E-state index is 12.6. The van der Waals surface area contributed by atoms with Crippen LogP contribution in [0.4, 0.5) is 0 Å². The molecule has 526 valence electrons. The van der Waals surface area contributed by atoms with E-state index < -0.39 is 12.1 Å². The molecule has 6 nitrogen and oxygen atoms in total. The minimum Gasteiger partial charge on any atom is -0.466 e. The fourth-order valence-electron chi connectivity index (χ4n) is 12.9. The number of rotatable bonds is 77. The van der Waals surface area contributed by atoms with Crippen LogP contribution in [-0.2, 0) is 14.3 Å². The highest BCUT2D eigenvalue weighted by Crippen LogP contribution is 2.20. The third kappa shape index (κ3) is 75.0. The van der Waals surface area contributed by atoms with Gasteiger partial charge in [-0.1, -0.05) is 397 Å². The smallest absolute Gasteiger partial charge is 0.305 e. The Morgan fingerprint density at radius 2 is 0.528 bits per heavy atom. The first-order valence-corrected chi connectivity index (χ1v) is 40.8. The molecule has 2 atom stereocenters. The van der Waals surface area contributed by atoms with Crippen LogP contribution in [0.25, 0.3) is 0 Å². The number of aliphatic hydroxyl groups is 2. The van der Waals surface area contributed by atoms with E-state index in [1.54, 1.807) is 6.08 Å². The quantitative estimate of drug-likeness (QED) is 0.0320. The van der Waals surface area contributed by atoms with Crippen LogP contribution >= 0.6 is 0 Å². The zero-order chi connectivity index (χ0) is 64.2. The molecule has 0 aromatic carbocycles. The second-order valence-electron chi connectivity index (χ2n) is 28.1. The van der Waals surface area contributed by atoms with Gasteiger partial charge in [0.25, 0.3) is 0 Å². The van der Waals surface area contributed by atoms with Crippen LogP contribution in [0.2, 0.25) is 0 Å². The van der Waals surface area contributed by atoms with Crippen LogP contribution in [0, 0.1) is 0 Å². The molecule has 0 fully saturated rings. The molecule has 2 unspecified atom stereocenters. The Labute approximate surface area is 557 Å². The van der Waals surface area contributed by atoms with Gasteiger partial charge in [-0.25, -0.2) is 0 Å². The molecule has 0 aliphatic heterocycles. The number of carbonyl (C=O) groups is 2. The van der Waals surface area contributed by atoms with Crippen molar-refractivity contribution in [1.29, 1.82) is 0 Å². The predicted octanol–water partition coefficient (Wildman–Crippen LogP) is 27.0. The first-order valence-electron chi connectivity index (χ1n) is 40.8. The Bertz CT molecular complexity index is 1440. The zero-order valence-electron chi connectivity index (χ0n) is 60.4. The lowest BCUT2D eigenvalue weighted by molar-refractivity contribution is -0.143. The van der Waals surface area contributed by atoms with Crippen molar-refractivity contribution in [3.63, 3.8) is 0 Å². The first kappa shape index (κ1) is 87.1. The number of esters is 1. The maximum Gasteiger partial charge on any atom is 0.305 e. The fourth-order valence-corrected chi connectivity index (χ4v) is 12.9. The number of hydrogen-bond acceptors (Lipinski definition) is 5. The van der Waals surface area contributed by atoms with Crippen molar-refractivity contribution in [2.75, 3.05) is 13.2 Å². The average molecular weight is 1250 g/mol. The Morgan fingerprint density at radius 1 is 0.303 bits per heavy atom. The zero-order valence-corrected chi connectivity index (χ0v) is 60.4. The van der Waals surface area contributed by atoms with Gasteiger partial charge >= 0.3 is 5.97 Å². The van der Waals surface area contributed by atoms with Gasteiger partial charge in [0.15, 0.2) is 0 Å². The van der Waals surface area contributed by atoms with E-state index in [0.29, 0.717) is 19.4 Å². The van der Waals surface area contributed by atoms with Crippen molar-refractivity contribution in [1.82, 2.24) is 5.32 Å². The lowest BCUT2D eigenvalue weighted by Gasteiger charge is -2.20. The highest BCUT2D eigenvalue weighted by Gasteiger charge is 2.18. The summed E-state index contributed by atoms with van der Waals surface area (Å²) in [6.45, 7) is 4.93. The van der Waals surface area contributed by atoms with E-state index in [0.717, 1.165) is 44.9 Å². The van der Waals surface area contributed by atoms with E-state index in [1.165, 1.54) is 385 Å². The summed E-state index contributed by atoms with van der Waals surface area (Å²) < 4.78 is 5.48. The standard InChI is InChI=1S/C83H159NO5/c1-3-5-7-9-11-13-15-17-18-19-20-21-37-40-43-46-49-52-55-59-63-67-71-75-81(86)80(79-85)84-82(87)76-72-68-64-60-56-53-50-47-44-41-38-35-33-31-29-27-25-23-22-24-26-28-30-32-34-36-39-42-45-48-51-54-58-62-66-70-74-78-89-83(88)77-73-69-65-61-57-16-14-12-10-8-6-4-2/h12,14,22,24,71,75,80-81,85-86H,3-11,13,15-21,23,25-70,72-74,76-79H2,1-2H3,(H,84,87)/b14-12-,24-22-,75-71+. The SMILES string of the molecule is CCCCC/C=C\CCCCCCCC(=O)OCCCCCCCCCCCCCCCCCC/C=C\CCCCCCCCCCCCCCCCCCCC(=O)NC(CO)C(O)/C=C/CCCCCCCCCCCCCCCCCCCCCCC. The third-order valence-electron chi connectivity index (χ3n) is 19.1. The number of unbranched alkanes of at least 4 members (excludes halogenated alkanes) is 62.